The van der Waals surface area contributed by atoms with Crippen LogP contribution in [0.2, 0.25) is 0 Å². The molecule has 0 amide bonds. The minimum atomic E-state index is 0.142. The van der Waals surface area contributed by atoms with Gasteiger partial charge in [0.25, 0.3) is 0 Å². The van der Waals surface area contributed by atoms with Gasteiger partial charge in [0.05, 0.1) is 5.56 Å². The van der Waals surface area contributed by atoms with Gasteiger partial charge in [-0.15, -0.1) is 0 Å². The second-order valence-electron chi connectivity index (χ2n) is 2.81. The molecule has 0 N–H and O–H groups in total. The van der Waals surface area contributed by atoms with Crippen LogP contribution in [0, 0.1) is 6.92 Å². The monoisotopic (exact) mass is 258 g/mol. The van der Waals surface area contributed by atoms with E-state index in [0.29, 0.717) is 11.3 Å². The highest BCUT2D eigenvalue weighted by Gasteiger charge is 2.07. The molecule has 0 bridgehead atoms. The maximum Gasteiger partial charge on any atom is 0.188 e. The number of ether oxygens (including phenoxy) is 2. The van der Waals surface area contributed by atoms with E-state index in [9.17, 15) is 4.79 Å². The first-order valence-electron chi connectivity index (χ1n) is 4.06. The fraction of sp³-hybridized carbons (Fsp3) is 0.300. The molecule has 0 saturated carbocycles. The van der Waals surface area contributed by atoms with Crippen LogP contribution in [0.25, 0.3) is 0 Å². The van der Waals surface area contributed by atoms with Gasteiger partial charge in [0, 0.05) is 11.6 Å². The van der Waals surface area contributed by atoms with Crippen molar-refractivity contribution in [3.63, 3.8) is 0 Å². The number of carbonyl (C=O) groups excluding carboxylic acids is 1. The molecular formula is C10H11BrO3. The number of aryl methyl sites for hydroxylation is 1. The lowest BCUT2D eigenvalue weighted by Gasteiger charge is -2.10. The summed E-state index contributed by atoms with van der Waals surface area (Å²) in [4.78, 5) is 10.8. The van der Waals surface area contributed by atoms with Gasteiger partial charge in [-0.05, 0) is 24.6 Å². The number of aldehydes is 1. The zero-order chi connectivity index (χ0) is 10.6. The standard InChI is InChI=1S/C10H11BrO3/c1-7-3-9(11)4-8(5-12)10(7)14-6-13-2/h3-5H,6H2,1-2H3. The molecule has 0 aliphatic heterocycles. The lowest BCUT2D eigenvalue weighted by molar-refractivity contribution is 0.0500. The summed E-state index contributed by atoms with van der Waals surface area (Å²) in [6.45, 7) is 2.02. The van der Waals surface area contributed by atoms with E-state index in [1.807, 2.05) is 13.0 Å². The second kappa shape index (κ2) is 5.12. The zero-order valence-corrected chi connectivity index (χ0v) is 9.63. The van der Waals surface area contributed by atoms with E-state index >= 15 is 0 Å². The van der Waals surface area contributed by atoms with Crippen LogP contribution in [-0.2, 0) is 4.74 Å². The summed E-state index contributed by atoms with van der Waals surface area (Å²) in [6, 6.07) is 3.60. The molecule has 0 unspecified atom stereocenters. The normalized spacial score (nSPS) is 9.93. The fourth-order valence-corrected chi connectivity index (χ4v) is 1.75. The molecule has 0 radical (unpaired) electrons. The van der Waals surface area contributed by atoms with Crippen LogP contribution in [-0.4, -0.2) is 20.2 Å². The van der Waals surface area contributed by atoms with Gasteiger partial charge < -0.3 is 9.47 Å². The summed E-state index contributed by atoms with van der Waals surface area (Å²) in [5.74, 6) is 0.574. The Labute approximate surface area is 91.1 Å². The smallest absolute Gasteiger partial charge is 0.188 e. The van der Waals surface area contributed by atoms with Crippen molar-refractivity contribution in [3.05, 3.63) is 27.7 Å². The van der Waals surface area contributed by atoms with Gasteiger partial charge in [0.2, 0.25) is 0 Å². The van der Waals surface area contributed by atoms with Gasteiger partial charge >= 0.3 is 0 Å². The van der Waals surface area contributed by atoms with Crippen LogP contribution >= 0.6 is 15.9 Å². The van der Waals surface area contributed by atoms with E-state index in [0.717, 1.165) is 16.3 Å². The maximum atomic E-state index is 10.8. The van der Waals surface area contributed by atoms with E-state index < -0.39 is 0 Å². The summed E-state index contributed by atoms with van der Waals surface area (Å²) in [6.07, 6.45) is 0.767. The molecule has 0 aliphatic carbocycles. The SMILES string of the molecule is COCOc1c(C)cc(Br)cc1C=O. The van der Waals surface area contributed by atoms with Crippen molar-refractivity contribution in [2.45, 2.75) is 6.92 Å². The number of methoxy groups -OCH3 is 1. The van der Waals surface area contributed by atoms with Crippen molar-refractivity contribution in [2.75, 3.05) is 13.9 Å². The van der Waals surface area contributed by atoms with Crippen molar-refractivity contribution in [1.29, 1.82) is 0 Å². The third kappa shape index (κ3) is 2.56. The second-order valence-corrected chi connectivity index (χ2v) is 3.73. The van der Waals surface area contributed by atoms with Crippen LogP contribution < -0.4 is 4.74 Å². The predicted molar refractivity (Wildman–Crippen MR) is 56.8 cm³/mol. The number of rotatable bonds is 4. The highest BCUT2D eigenvalue weighted by Crippen LogP contribution is 2.26. The number of carbonyl (C=O) groups is 1. The van der Waals surface area contributed by atoms with Crippen LogP contribution in [0.4, 0.5) is 0 Å². The Hall–Kier alpha value is -0.870. The molecule has 0 atom stereocenters. The summed E-state index contributed by atoms with van der Waals surface area (Å²) >= 11 is 3.31. The molecule has 1 aromatic carbocycles. The summed E-state index contributed by atoms with van der Waals surface area (Å²) in [5, 5.41) is 0. The van der Waals surface area contributed by atoms with Crippen molar-refractivity contribution < 1.29 is 14.3 Å². The van der Waals surface area contributed by atoms with E-state index in [-0.39, 0.29) is 6.79 Å². The molecule has 1 rings (SSSR count). The van der Waals surface area contributed by atoms with Gasteiger partial charge in [0.1, 0.15) is 5.75 Å². The van der Waals surface area contributed by atoms with E-state index in [1.54, 1.807) is 6.07 Å². The molecule has 0 aromatic heterocycles. The fourth-order valence-electron chi connectivity index (χ4n) is 1.16. The molecule has 0 heterocycles. The summed E-state index contributed by atoms with van der Waals surface area (Å²) in [7, 11) is 1.54. The van der Waals surface area contributed by atoms with Crippen molar-refractivity contribution in [1.82, 2.24) is 0 Å². The van der Waals surface area contributed by atoms with Crippen molar-refractivity contribution in [3.8, 4) is 5.75 Å². The molecule has 0 saturated heterocycles. The van der Waals surface area contributed by atoms with Crippen LogP contribution in [0.1, 0.15) is 15.9 Å². The Morgan fingerprint density at radius 2 is 2.21 bits per heavy atom. The molecular weight excluding hydrogens is 248 g/mol. The van der Waals surface area contributed by atoms with Crippen molar-refractivity contribution in [2.24, 2.45) is 0 Å². The molecule has 3 nitrogen and oxygen atoms in total. The summed E-state index contributed by atoms with van der Waals surface area (Å²) in [5.41, 5.74) is 1.42. The minimum Gasteiger partial charge on any atom is -0.467 e. The maximum absolute atomic E-state index is 10.8. The first kappa shape index (κ1) is 11.2. The molecule has 76 valence electrons. The largest absolute Gasteiger partial charge is 0.467 e. The first-order chi connectivity index (χ1) is 6.69. The third-order valence-electron chi connectivity index (χ3n) is 1.72. The minimum absolute atomic E-state index is 0.142. The Morgan fingerprint density at radius 1 is 1.50 bits per heavy atom. The zero-order valence-electron chi connectivity index (χ0n) is 8.04. The molecule has 0 fully saturated rings. The topological polar surface area (TPSA) is 35.5 Å². The van der Waals surface area contributed by atoms with Gasteiger partial charge in [-0.3, -0.25) is 4.79 Å². The number of hydrogen-bond donors (Lipinski definition) is 0. The highest BCUT2D eigenvalue weighted by molar-refractivity contribution is 9.10. The van der Waals surface area contributed by atoms with E-state index in [2.05, 4.69) is 15.9 Å². The highest BCUT2D eigenvalue weighted by atomic mass is 79.9. The van der Waals surface area contributed by atoms with Crippen molar-refractivity contribution >= 4 is 22.2 Å². The van der Waals surface area contributed by atoms with E-state index in [1.165, 1.54) is 7.11 Å². The number of benzene rings is 1. The number of halogens is 1. The van der Waals surface area contributed by atoms with Crippen LogP contribution in [0.3, 0.4) is 0 Å². The number of hydrogen-bond acceptors (Lipinski definition) is 3. The summed E-state index contributed by atoms with van der Waals surface area (Å²) < 4.78 is 10.9. The Balaban J connectivity index is 3.05. The lowest BCUT2D eigenvalue weighted by Crippen LogP contribution is -2.03. The predicted octanol–water partition coefficient (Wildman–Crippen LogP) is 2.55. The Kier molecular flexibility index (Phi) is 4.10. The van der Waals surface area contributed by atoms with Gasteiger partial charge in [-0.1, -0.05) is 15.9 Å². The average Bonchev–Trinajstić information content (AvgIpc) is 2.15. The Bertz CT molecular complexity index is 336. The molecule has 0 spiro atoms. The van der Waals surface area contributed by atoms with Gasteiger partial charge in [-0.2, -0.15) is 0 Å². The quantitative estimate of drug-likeness (QED) is 0.615. The molecule has 1 aromatic rings. The van der Waals surface area contributed by atoms with Gasteiger partial charge in [0.15, 0.2) is 13.1 Å². The van der Waals surface area contributed by atoms with E-state index in [4.69, 9.17) is 9.47 Å². The third-order valence-corrected chi connectivity index (χ3v) is 2.17. The van der Waals surface area contributed by atoms with Crippen LogP contribution in [0.15, 0.2) is 16.6 Å². The molecule has 4 heteroatoms. The first-order valence-corrected chi connectivity index (χ1v) is 4.85. The molecule has 0 aliphatic rings. The lowest BCUT2D eigenvalue weighted by atomic mass is 10.1. The van der Waals surface area contributed by atoms with Crippen LogP contribution in [0.5, 0.6) is 5.75 Å². The Morgan fingerprint density at radius 3 is 2.79 bits per heavy atom. The molecule has 14 heavy (non-hydrogen) atoms. The van der Waals surface area contributed by atoms with Gasteiger partial charge in [-0.25, -0.2) is 0 Å². The average molecular weight is 259 g/mol.